The highest BCUT2D eigenvalue weighted by molar-refractivity contribution is 5.50. The van der Waals surface area contributed by atoms with Crippen molar-refractivity contribution in [3.63, 3.8) is 0 Å². The third-order valence-corrected chi connectivity index (χ3v) is 3.39. The molecule has 2 aromatic rings. The lowest BCUT2D eigenvalue weighted by Crippen LogP contribution is -2.09. The molecule has 1 unspecified atom stereocenters. The number of hydrogen-bond acceptors (Lipinski definition) is 5. The maximum atomic E-state index is 5.81. The van der Waals surface area contributed by atoms with E-state index in [1.54, 1.807) is 19.5 Å². The Kier molecular flexibility index (Phi) is 2.95. The molecule has 1 aliphatic rings. The number of rotatable bonds is 3. The zero-order valence-electron chi connectivity index (χ0n) is 10.8. The summed E-state index contributed by atoms with van der Waals surface area (Å²) in [4.78, 5) is 8.42. The number of methoxy groups -OCH3 is 1. The lowest BCUT2D eigenvalue weighted by atomic mass is 10.1. The fourth-order valence-corrected chi connectivity index (χ4v) is 2.48. The van der Waals surface area contributed by atoms with Crippen molar-refractivity contribution in [2.75, 3.05) is 18.2 Å². The van der Waals surface area contributed by atoms with E-state index in [9.17, 15) is 0 Å². The second-order valence-corrected chi connectivity index (χ2v) is 4.64. The van der Waals surface area contributed by atoms with Crippen molar-refractivity contribution in [2.24, 2.45) is 0 Å². The quantitative estimate of drug-likeness (QED) is 0.823. The van der Waals surface area contributed by atoms with Gasteiger partial charge >= 0.3 is 0 Å². The van der Waals surface area contributed by atoms with Gasteiger partial charge in [-0.1, -0.05) is 6.07 Å². The molecule has 0 amide bonds. The first-order chi connectivity index (χ1) is 9.26. The van der Waals surface area contributed by atoms with Gasteiger partial charge in [-0.05, 0) is 36.1 Å². The largest absolute Gasteiger partial charge is 0.480 e. The highest BCUT2D eigenvalue weighted by Gasteiger charge is 2.22. The molecule has 0 saturated carbocycles. The zero-order chi connectivity index (χ0) is 13.2. The van der Waals surface area contributed by atoms with E-state index in [2.05, 4.69) is 21.4 Å². The van der Waals surface area contributed by atoms with Gasteiger partial charge in [-0.25, -0.2) is 0 Å². The van der Waals surface area contributed by atoms with Crippen LogP contribution in [0.15, 0.2) is 30.6 Å². The minimum atomic E-state index is 0.261. The molecule has 5 nitrogen and oxygen atoms in total. The van der Waals surface area contributed by atoms with Gasteiger partial charge < -0.3 is 15.8 Å². The predicted molar refractivity (Wildman–Crippen MR) is 74.1 cm³/mol. The predicted octanol–water partition coefficient (Wildman–Crippen LogP) is 2.17. The van der Waals surface area contributed by atoms with Gasteiger partial charge in [0.25, 0.3) is 0 Å². The minimum Gasteiger partial charge on any atom is -0.480 e. The first-order valence-corrected chi connectivity index (χ1v) is 6.27. The monoisotopic (exact) mass is 256 g/mol. The van der Waals surface area contributed by atoms with E-state index in [4.69, 9.17) is 10.5 Å². The van der Waals surface area contributed by atoms with Crippen LogP contribution in [0.5, 0.6) is 5.88 Å². The van der Waals surface area contributed by atoms with Gasteiger partial charge in [-0.2, -0.15) is 4.98 Å². The van der Waals surface area contributed by atoms with Crippen molar-refractivity contribution in [3.05, 3.63) is 41.7 Å². The van der Waals surface area contributed by atoms with E-state index < -0.39 is 0 Å². The van der Waals surface area contributed by atoms with E-state index in [-0.39, 0.29) is 6.04 Å². The molecule has 0 bridgehead atoms. The molecule has 0 aliphatic heterocycles. The minimum absolute atomic E-state index is 0.261. The normalized spacial score (nSPS) is 17.0. The Bertz CT molecular complexity index is 600. The van der Waals surface area contributed by atoms with Crippen LogP contribution in [-0.4, -0.2) is 17.1 Å². The van der Waals surface area contributed by atoms with Crippen LogP contribution in [0.3, 0.4) is 0 Å². The number of hydrogen-bond donors (Lipinski definition) is 2. The van der Waals surface area contributed by atoms with Gasteiger partial charge in [-0.3, -0.25) is 4.98 Å². The van der Waals surface area contributed by atoms with Crippen LogP contribution < -0.4 is 15.8 Å². The Morgan fingerprint density at radius 1 is 1.37 bits per heavy atom. The van der Waals surface area contributed by atoms with E-state index in [1.165, 1.54) is 11.1 Å². The van der Waals surface area contributed by atoms with Crippen LogP contribution in [0.1, 0.15) is 23.6 Å². The number of nitrogens with one attached hydrogen (secondary N) is 1. The molecular weight excluding hydrogens is 240 g/mol. The van der Waals surface area contributed by atoms with Gasteiger partial charge in [0.15, 0.2) is 0 Å². The molecule has 5 heteroatoms. The van der Waals surface area contributed by atoms with Gasteiger partial charge in [0.05, 0.1) is 25.5 Å². The fraction of sp³-hybridized carbons (Fsp3) is 0.286. The van der Waals surface area contributed by atoms with Crippen LogP contribution in [0.2, 0.25) is 0 Å². The lowest BCUT2D eigenvalue weighted by molar-refractivity contribution is 0.396. The lowest BCUT2D eigenvalue weighted by Gasteiger charge is -2.15. The number of benzene rings is 1. The van der Waals surface area contributed by atoms with Crippen molar-refractivity contribution in [1.29, 1.82) is 0 Å². The van der Waals surface area contributed by atoms with Crippen molar-refractivity contribution in [1.82, 2.24) is 9.97 Å². The molecule has 0 fully saturated rings. The molecule has 0 radical (unpaired) electrons. The Morgan fingerprint density at radius 3 is 3.11 bits per heavy atom. The van der Waals surface area contributed by atoms with Crippen molar-refractivity contribution >= 4 is 11.5 Å². The highest BCUT2D eigenvalue weighted by atomic mass is 16.5. The number of nitrogens with zero attached hydrogens (tertiary/aromatic N) is 2. The van der Waals surface area contributed by atoms with Crippen LogP contribution in [0.4, 0.5) is 11.5 Å². The molecular formula is C14H16N4O. The van der Waals surface area contributed by atoms with Gasteiger partial charge in [0.1, 0.15) is 5.82 Å². The number of nitrogens with two attached hydrogens (primary N) is 1. The summed E-state index contributed by atoms with van der Waals surface area (Å²) in [5, 5.41) is 3.40. The van der Waals surface area contributed by atoms with Gasteiger partial charge in [0, 0.05) is 5.69 Å². The first kappa shape index (κ1) is 11.8. The Morgan fingerprint density at radius 2 is 2.26 bits per heavy atom. The van der Waals surface area contributed by atoms with E-state index in [1.807, 2.05) is 12.1 Å². The molecule has 98 valence electrons. The van der Waals surface area contributed by atoms with Crippen molar-refractivity contribution in [3.8, 4) is 5.88 Å². The molecule has 1 atom stereocenters. The van der Waals surface area contributed by atoms with Crippen LogP contribution in [0, 0.1) is 0 Å². The first-order valence-electron chi connectivity index (χ1n) is 6.27. The van der Waals surface area contributed by atoms with E-state index >= 15 is 0 Å². The standard InChI is InChI=1S/C14H16N4O/c1-19-14-8-16-7-13(18-14)17-12-5-2-9-6-10(15)3-4-11(9)12/h3-4,6-8,12H,2,5,15H2,1H3,(H,17,18). The molecule has 19 heavy (non-hydrogen) atoms. The number of aromatic nitrogens is 2. The smallest absolute Gasteiger partial charge is 0.233 e. The van der Waals surface area contributed by atoms with Gasteiger partial charge in [0.2, 0.25) is 5.88 Å². The molecule has 0 spiro atoms. The molecule has 1 aromatic heterocycles. The number of ether oxygens (including phenoxy) is 1. The summed E-state index contributed by atoms with van der Waals surface area (Å²) < 4.78 is 5.07. The number of anilines is 2. The summed E-state index contributed by atoms with van der Waals surface area (Å²) in [7, 11) is 1.58. The Balaban J connectivity index is 1.82. The summed E-state index contributed by atoms with van der Waals surface area (Å²) in [5.74, 6) is 1.24. The third kappa shape index (κ3) is 2.31. The summed E-state index contributed by atoms with van der Waals surface area (Å²) in [6.45, 7) is 0. The summed E-state index contributed by atoms with van der Waals surface area (Å²) in [6, 6.07) is 6.34. The topological polar surface area (TPSA) is 73.1 Å². The van der Waals surface area contributed by atoms with Crippen molar-refractivity contribution in [2.45, 2.75) is 18.9 Å². The third-order valence-electron chi connectivity index (χ3n) is 3.39. The second kappa shape index (κ2) is 4.76. The SMILES string of the molecule is COc1cncc(NC2CCc3cc(N)ccc32)n1. The molecule has 1 aliphatic carbocycles. The number of aryl methyl sites for hydroxylation is 1. The Labute approximate surface area is 111 Å². The van der Waals surface area contributed by atoms with Gasteiger partial charge in [-0.15, -0.1) is 0 Å². The molecule has 1 heterocycles. The number of nitrogen functional groups attached to an aromatic ring is 1. The molecule has 0 saturated heterocycles. The fourth-order valence-electron chi connectivity index (χ4n) is 2.48. The van der Waals surface area contributed by atoms with Crippen molar-refractivity contribution < 1.29 is 4.74 Å². The van der Waals surface area contributed by atoms with Crippen LogP contribution in [-0.2, 0) is 6.42 Å². The van der Waals surface area contributed by atoms with Crippen LogP contribution >= 0.6 is 0 Å². The maximum Gasteiger partial charge on any atom is 0.233 e. The number of fused-ring (bicyclic) bond motifs is 1. The maximum absolute atomic E-state index is 5.81. The Hall–Kier alpha value is -2.30. The molecule has 3 rings (SSSR count). The molecule has 1 aromatic carbocycles. The van der Waals surface area contributed by atoms with E-state index in [0.29, 0.717) is 5.88 Å². The second-order valence-electron chi connectivity index (χ2n) is 4.64. The van der Waals surface area contributed by atoms with E-state index in [0.717, 1.165) is 24.3 Å². The average Bonchev–Trinajstić information content (AvgIpc) is 2.81. The summed E-state index contributed by atoms with van der Waals surface area (Å²) in [6.07, 6.45) is 5.37. The average molecular weight is 256 g/mol. The summed E-state index contributed by atoms with van der Waals surface area (Å²) >= 11 is 0. The highest BCUT2D eigenvalue weighted by Crippen LogP contribution is 2.34. The van der Waals surface area contributed by atoms with Crippen LogP contribution in [0.25, 0.3) is 0 Å². The summed E-state index contributed by atoms with van der Waals surface area (Å²) in [5.41, 5.74) is 9.23. The molecule has 3 N–H and O–H groups in total. The zero-order valence-corrected chi connectivity index (χ0v) is 10.8.